The van der Waals surface area contributed by atoms with E-state index in [4.69, 9.17) is 0 Å². The SMILES string of the molecule is O=c1[nH]c2ccccc2n1CCCSc1cccc([N+](=O)[O-])c1. The van der Waals surface area contributed by atoms with Gasteiger partial charge in [0.1, 0.15) is 0 Å². The summed E-state index contributed by atoms with van der Waals surface area (Å²) < 4.78 is 1.73. The highest BCUT2D eigenvalue weighted by molar-refractivity contribution is 7.99. The third-order valence-electron chi connectivity index (χ3n) is 3.50. The highest BCUT2D eigenvalue weighted by Gasteiger charge is 2.07. The molecular formula is C16H15N3O3S. The van der Waals surface area contributed by atoms with Crippen LogP contribution in [0.25, 0.3) is 11.0 Å². The van der Waals surface area contributed by atoms with Gasteiger partial charge in [0.05, 0.1) is 16.0 Å². The van der Waals surface area contributed by atoms with Gasteiger partial charge in [-0.1, -0.05) is 18.2 Å². The number of fused-ring (bicyclic) bond motifs is 1. The number of aromatic nitrogens is 2. The number of thioether (sulfide) groups is 1. The van der Waals surface area contributed by atoms with Crippen molar-refractivity contribution >= 4 is 28.5 Å². The second-order valence-corrected chi connectivity index (χ2v) is 6.22. The summed E-state index contributed by atoms with van der Waals surface area (Å²) in [6.45, 7) is 0.616. The zero-order valence-corrected chi connectivity index (χ0v) is 13.1. The molecule has 0 saturated carbocycles. The summed E-state index contributed by atoms with van der Waals surface area (Å²) >= 11 is 1.56. The lowest BCUT2D eigenvalue weighted by Gasteiger charge is -2.04. The lowest BCUT2D eigenvalue weighted by atomic mass is 10.3. The largest absolute Gasteiger partial charge is 0.326 e. The fourth-order valence-electron chi connectivity index (χ4n) is 2.43. The molecule has 23 heavy (non-hydrogen) atoms. The number of imidazole rings is 1. The predicted molar refractivity (Wildman–Crippen MR) is 91.0 cm³/mol. The Morgan fingerprint density at radius 2 is 2.00 bits per heavy atom. The molecule has 0 fully saturated rings. The number of nitro groups is 1. The number of nitrogens with zero attached hydrogens (tertiary/aromatic N) is 2. The van der Waals surface area contributed by atoms with Crippen molar-refractivity contribution in [3.05, 3.63) is 69.1 Å². The minimum Gasteiger partial charge on any atom is -0.306 e. The molecule has 2 aromatic carbocycles. The average molecular weight is 329 g/mol. The van der Waals surface area contributed by atoms with Crippen LogP contribution < -0.4 is 5.69 Å². The molecule has 7 heteroatoms. The molecule has 1 aromatic heterocycles. The molecule has 3 aromatic rings. The summed E-state index contributed by atoms with van der Waals surface area (Å²) in [6.07, 6.45) is 0.801. The first-order valence-corrected chi connectivity index (χ1v) is 8.18. The maximum Gasteiger partial charge on any atom is 0.326 e. The van der Waals surface area contributed by atoms with Gasteiger partial charge in [0.15, 0.2) is 0 Å². The Bertz CT molecular complexity index is 901. The summed E-state index contributed by atoms with van der Waals surface area (Å²) in [5.74, 6) is 0.785. The summed E-state index contributed by atoms with van der Waals surface area (Å²) in [5, 5.41) is 10.8. The lowest BCUT2D eigenvalue weighted by Crippen LogP contribution is -2.17. The van der Waals surface area contributed by atoms with Crippen molar-refractivity contribution in [1.29, 1.82) is 0 Å². The average Bonchev–Trinajstić information content (AvgIpc) is 2.87. The molecule has 1 heterocycles. The van der Waals surface area contributed by atoms with Crippen molar-refractivity contribution in [1.82, 2.24) is 9.55 Å². The number of hydrogen-bond acceptors (Lipinski definition) is 4. The van der Waals surface area contributed by atoms with Crippen molar-refractivity contribution in [2.24, 2.45) is 0 Å². The van der Waals surface area contributed by atoms with Crippen LogP contribution in [-0.4, -0.2) is 20.2 Å². The van der Waals surface area contributed by atoms with Crippen molar-refractivity contribution in [3.8, 4) is 0 Å². The van der Waals surface area contributed by atoms with Gasteiger partial charge < -0.3 is 4.98 Å². The normalized spacial score (nSPS) is 11.0. The minimum absolute atomic E-state index is 0.0999. The molecule has 0 aliphatic rings. The van der Waals surface area contributed by atoms with Crippen LogP contribution in [0, 0.1) is 10.1 Å². The number of aryl methyl sites for hydroxylation is 1. The van der Waals surface area contributed by atoms with Crippen LogP contribution >= 0.6 is 11.8 Å². The minimum atomic E-state index is -0.393. The van der Waals surface area contributed by atoms with Crippen LogP contribution in [0.1, 0.15) is 6.42 Å². The maximum absolute atomic E-state index is 11.9. The summed E-state index contributed by atoms with van der Waals surface area (Å²) in [5.41, 5.74) is 1.73. The standard InChI is InChI=1S/C16H15N3O3S/c20-16-17-14-7-1-2-8-15(14)18(16)9-4-10-23-13-6-3-5-12(11-13)19(21)22/h1-3,5-8,11H,4,9-10H2,(H,17,20). The van der Waals surface area contributed by atoms with Gasteiger partial charge in [-0.05, 0) is 30.4 Å². The Labute approximate surface area is 136 Å². The van der Waals surface area contributed by atoms with Crippen molar-refractivity contribution < 1.29 is 4.92 Å². The van der Waals surface area contributed by atoms with E-state index in [1.807, 2.05) is 30.3 Å². The first-order chi connectivity index (χ1) is 11.1. The number of nitro benzene ring substituents is 1. The molecule has 118 valence electrons. The quantitative estimate of drug-likeness (QED) is 0.325. The molecular weight excluding hydrogens is 314 g/mol. The van der Waals surface area contributed by atoms with Crippen LogP contribution in [0.15, 0.2) is 58.2 Å². The first kappa shape index (κ1) is 15.4. The zero-order valence-electron chi connectivity index (χ0n) is 12.3. The molecule has 0 radical (unpaired) electrons. The summed E-state index contributed by atoms with van der Waals surface area (Å²) in [6, 6.07) is 14.2. The number of nitrogens with one attached hydrogen (secondary N) is 1. The van der Waals surface area contributed by atoms with E-state index < -0.39 is 4.92 Å². The maximum atomic E-state index is 11.9. The molecule has 3 rings (SSSR count). The lowest BCUT2D eigenvalue weighted by molar-refractivity contribution is -0.385. The Kier molecular flexibility index (Phi) is 4.47. The van der Waals surface area contributed by atoms with Crippen LogP contribution in [0.3, 0.4) is 0 Å². The molecule has 0 saturated heterocycles. The van der Waals surface area contributed by atoms with Crippen molar-refractivity contribution in [2.75, 3.05) is 5.75 Å². The third kappa shape index (κ3) is 3.45. The van der Waals surface area contributed by atoms with E-state index >= 15 is 0 Å². The van der Waals surface area contributed by atoms with E-state index in [0.29, 0.717) is 6.54 Å². The van der Waals surface area contributed by atoms with Gasteiger partial charge in [0.25, 0.3) is 5.69 Å². The second-order valence-electron chi connectivity index (χ2n) is 5.06. The Balaban J connectivity index is 1.61. The van der Waals surface area contributed by atoms with Gasteiger partial charge in [-0.25, -0.2) is 4.79 Å². The van der Waals surface area contributed by atoms with Crippen LogP contribution in [0.5, 0.6) is 0 Å². The van der Waals surface area contributed by atoms with E-state index in [2.05, 4.69) is 4.98 Å². The molecule has 0 atom stereocenters. The number of benzene rings is 2. The first-order valence-electron chi connectivity index (χ1n) is 7.20. The van der Waals surface area contributed by atoms with E-state index in [-0.39, 0.29) is 11.4 Å². The summed E-state index contributed by atoms with van der Waals surface area (Å²) in [4.78, 5) is 26.0. The number of para-hydroxylation sites is 2. The van der Waals surface area contributed by atoms with Gasteiger partial charge in [-0.15, -0.1) is 11.8 Å². The molecule has 0 aliphatic carbocycles. The Hall–Kier alpha value is -2.54. The van der Waals surface area contributed by atoms with Gasteiger partial charge in [-0.3, -0.25) is 14.7 Å². The van der Waals surface area contributed by atoms with Gasteiger partial charge in [-0.2, -0.15) is 0 Å². The van der Waals surface area contributed by atoms with E-state index in [0.717, 1.165) is 28.1 Å². The molecule has 0 unspecified atom stereocenters. The number of aromatic amines is 1. The molecule has 0 aliphatic heterocycles. The number of H-pyrrole nitrogens is 1. The number of non-ortho nitro benzene ring substituents is 1. The van der Waals surface area contributed by atoms with Crippen LogP contribution in [0.4, 0.5) is 5.69 Å². The molecule has 0 spiro atoms. The monoisotopic (exact) mass is 329 g/mol. The van der Waals surface area contributed by atoms with Crippen molar-refractivity contribution in [3.63, 3.8) is 0 Å². The van der Waals surface area contributed by atoms with Crippen LogP contribution in [0.2, 0.25) is 0 Å². The predicted octanol–water partition coefficient (Wildman–Crippen LogP) is 3.42. The summed E-state index contributed by atoms with van der Waals surface area (Å²) in [7, 11) is 0. The number of hydrogen-bond donors (Lipinski definition) is 1. The Morgan fingerprint density at radius 1 is 1.17 bits per heavy atom. The molecule has 0 bridgehead atoms. The van der Waals surface area contributed by atoms with E-state index in [1.54, 1.807) is 28.5 Å². The second kappa shape index (κ2) is 6.70. The number of rotatable bonds is 6. The fraction of sp³-hybridized carbons (Fsp3) is 0.188. The van der Waals surface area contributed by atoms with Gasteiger partial charge in [0.2, 0.25) is 0 Å². The van der Waals surface area contributed by atoms with Gasteiger partial charge in [0, 0.05) is 23.6 Å². The smallest absolute Gasteiger partial charge is 0.306 e. The highest BCUT2D eigenvalue weighted by Crippen LogP contribution is 2.23. The Morgan fingerprint density at radius 3 is 2.83 bits per heavy atom. The van der Waals surface area contributed by atoms with Gasteiger partial charge >= 0.3 is 5.69 Å². The molecule has 1 N–H and O–H groups in total. The van der Waals surface area contributed by atoms with Crippen molar-refractivity contribution in [2.45, 2.75) is 17.9 Å². The zero-order chi connectivity index (χ0) is 16.2. The third-order valence-corrected chi connectivity index (χ3v) is 4.58. The van der Waals surface area contributed by atoms with Crippen LogP contribution in [-0.2, 0) is 6.54 Å². The molecule has 6 nitrogen and oxygen atoms in total. The topological polar surface area (TPSA) is 80.9 Å². The van der Waals surface area contributed by atoms with E-state index in [9.17, 15) is 14.9 Å². The molecule has 0 amide bonds. The van der Waals surface area contributed by atoms with E-state index in [1.165, 1.54) is 6.07 Å². The fourth-order valence-corrected chi connectivity index (χ4v) is 3.32. The highest BCUT2D eigenvalue weighted by atomic mass is 32.2.